The van der Waals surface area contributed by atoms with E-state index in [0.29, 0.717) is 5.13 Å². The average molecular weight is 255 g/mol. The Kier molecular flexibility index (Phi) is 2.72. The van der Waals surface area contributed by atoms with E-state index in [9.17, 15) is 0 Å². The number of aryl methyl sites for hydroxylation is 1. The standard InChI is InChI=1S/C14H13N3S/c1-9-13(18-14(15)17-9)8-10-4-5-12-11(7-10)3-2-6-16-12/h2-7H,8H2,1H3,(H2,15,17). The first-order valence-electron chi connectivity index (χ1n) is 5.78. The van der Waals surface area contributed by atoms with Crippen LogP contribution in [0.2, 0.25) is 0 Å². The molecule has 1 aromatic carbocycles. The highest BCUT2D eigenvalue weighted by Gasteiger charge is 2.06. The second-order valence-electron chi connectivity index (χ2n) is 4.27. The number of nitrogens with two attached hydrogens (primary N) is 1. The molecule has 0 aliphatic heterocycles. The van der Waals surface area contributed by atoms with Crippen molar-refractivity contribution in [2.24, 2.45) is 0 Å². The molecule has 0 fully saturated rings. The quantitative estimate of drug-likeness (QED) is 0.765. The molecule has 2 N–H and O–H groups in total. The number of hydrogen-bond donors (Lipinski definition) is 1. The second-order valence-corrected chi connectivity index (χ2v) is 5.38. The minimum Gasteiger partial charge on any atom is -0.375 e. The lowest BCUT2D eigenvalue weighted by molar-refractivity contribution is 1.15. The summed E-state index contributed by atoms with van der Waals surface area (Å²) in [7, 11) is 0. The van der Waals surface area contributed by atoms with Crippen LogP contribution in [-0.2, 0) is 6.42 Å². The molecule has 90 valence electrons. The Morgan fingerprint density at radius 2 is 2.17 bits per heavy atom. The minimum atomic E-state index is 0.643. The molecule has 0 unspecified atom stereocenters. The highest BCUT2D eigenvalue weighted by Crippen LogP contribution is 2.24. The smallest absolute Gasteiger partial charge is 0.180 e. The predicted molar refractivity (Wildman–Crippen MR) is 75.8 cm³/mol. The maximum Gasteiger partial charge on any atom is 0.180 e. The van der Waals surface area contributed by atoms with E-state index < -0.39 is 0 Å². The molecule has 18 heavy (non-hydrogen) atoms. The summed E-state index contributed by atoms with van der Waals surface area (Å²) in [5.74, 6) is 0. The Morgan fingerprint density at radius 1 is 1.28 bits per heavy atom. The van der Waals surface area contributed by atoms with Gasteiger partial charge in [-0.3, -0.25) is 4.98 Å². The summed E-state index contributed by atoms with van der Waals surface area (Å²) in [5, 5.41) is 1.81. The zero-order chi connectivity index (χ0) is 12.5. The Hall–Kier alpha value is -1.94. The van der Waals surface area contributed by atoms with Crippen molar-refractivity contribution in [3.63, 3.8) is 0 Å². The maximum atomic E-state index is 5.72. The van der Waals surface area contributed by atoms with Crippen molar-refractivity contribution in [1.82, 2.24) is 9.97 Å². The van der Waals surface area contributed by atoms with Crippen LogP contribution < -0.4 is 5.73 Å². The van der Waals surface area contributed by atoms with Crippen LogP contribution >= 0.6 is 11.3 Å². The van der Waals surface area contributed by atoms with Crippen LogP contribution in [0.25, 0.3) is 10.9 Å². The van der Waals surface area contributed by atoms with E-state index in [1.807, 2.05) is 19.2 Å². The van der Waals surface area contributed by atoms with Gasteiger partial charge < -0.3 is 5.73 Å². The fourth-order valence-corrected chi connectivity index (χ4v) is 2.90. The molecule has 0 aliphatic carbocycles. The lowest BCUT2D eigenvalue weighted by Crippen LogP contribution is -1.88. The van der Waals surface area contributed by atoms with E-state index >= 15 is 0 Å². The maximum absolute atomic E-state index is 5.72. The Labute approximate surface area is 109 Å². The van der Waals surface area contributed by atoms with Gasteiger partial charge in [0.15, 0.2) is 5.13 Å². The molecule has 0 saturated carbocycles. The largest absolute Gasteiger partial charge is 0.375 e. The fourth-order valence-electron chi connectivity index (χ4n) is 2.03. The molecular formula is C14H13N3S. The van der Waals surface area contributed by atoms with Gasteiger partial charge in [-0.25, -0.2) is 4.98 Å². The Balaban J connectivity index is 1.97. The summed E-state index contributed by atoms with van der Waals surface area (Å²) in [5.41, 5.74) is 9.05. The zero-order valence-electron chi connectivity index (χ0n) is 10.1. The molecule has 4 heteroatoms. The molecule has 0 atom stereocenters. The van der Waals surface area contributed by atoms with E-state index in [2.05, 4.69) is 34.2 Å². The van der Waals surface area contributed by atoms with Gasteiger partial charge in [-0.1, -0.05) is 12.1 Å². The molecule has 0 amide bonds. The molecule has 3 rings (SSSR count). The van der Waals surface area contributed by atoms with E-state index in [-0.39, 0.29) is 0 Å². The van der Waals surface area contributed by atoms with E-state index in [1.54, 1.807) is 11.3 Å². The lowest BCUT2D eigenvalue weighted by atomic mass is 10.1. The molecule has 0 spiro atoms. The molecule has 2 heterocycles. The summed E-state index contributed by atoms with van der Waals surface area (Å²) >= 11 is 1.57. The van der Waals surface area contributed by atoms with Crippen LogP contribution in [0, 0.1) is 6.92 Å². The Morgan fingerprint density at radius 3 is 2.94 bits per heavy atom. The summed E-state index contributed by atoms with van der Waals surface area (Å²) in [6.07, 6.45) is 2.70. The van der Waals surface area contributed by atoms with E-state index in [0.717, 1.165) is 17.6 Å². The first kappa shape index (κ1) is 11.2. The number of pyridine rings is 1. The van der Waals surface area contributed by atoms with Crippen LogP contribution in [0.5, 0.6) is 0 Å². The molecule has 0 saturated heterocycles. The van der Waals surface area contributed by atoms with Crippen molar-refractivity contribution < 1.29 is 0 Å². The van der Waals surface area contributed by atoms with Crippen LogP contribution in [0.15, 0.2) is 36.5 Å². The first-order valence-corrected chi connectivity index (χ1v) is 6.59. The van der Waals surface area contributed by atoms with Gasteiger partial charge in [-0.2, -0.15) is 0 Å². The minimum absolute atomic E-state index is 0.643. The second kappa shape index (κ2) is 4.38. The van der Waals surface area contributed by atoms with Crippen molar-refractivity contribution in [2.45, 2.75) is 13.3 Å². The zero-order valence-corrected chi connectivity index (χ0v) is 10.9. The fraction of sp³-hybridized carbons (Fsp3) is 0.143. The van der Waals surface area contributed by atoms with Crippen LogP contribution in [0.1, 0.15) is 16.1 Å². The normalized spacial score (nSPS) is 10.9. The highest BCUT2D eigenvalue weighted by molar-refractivity contribution is 7.15. The summed E-state index contributed by atoms with van der Waals surface area (Å²) in [6, 6.07) is 10.4. The van der Waals surface area contributed by atoms with Crippen molar-refractivity contribution in [3.05, 3.63) is 52.7 Å². The number of rotatable bonds is 2. The number of benzene rings is 1. The predicted octanol–water partition coefficient (Wildman–Crippen LogP) is 3.17. The average Bonchev–Trinajstić information content (AvgIpc) is 2.68. The molecule has 2 aromatic heterocycles. The van der Waals surface area contributed by atoms with Gasteiger partial charge in [-0.15, -0.1) is 11.3 Å². The number of fused-ring (bicyclic) bond motifs is 1. The molecular weight excluding hydrogens is 242 g/mol. The number of aromatic nitrogens is 2. The van der Waals surface area contributed by atoms with Crippen LogP contribution in [0.4, 0.5) is 5.13 Å². The van der Waals surface area contributed by atoms with Gasteiger partial charge in [0.1, 0.15) is 0 Å². The van der Waals surface area contributed by atoms with Crippen molar-refractivity contribution in [2.75, 3.05) is 5.73 Å². The van der Waals surface area contributed by atoms with Gasteiger partial charge in [-0.05, 0) is 30.7 Å². The number of nitrogen functional groups attached to an aromatic ring is 1. The SMILES string of the molecule is Cc1nc(N)sc1Cc1ccc2ncccc2c1. The van der Waals surface area contributed by atoms with Crippen LogP contribution in [-0.4, -0.2) is 9.97 Å². The van der Waals surface area contributed by atoms with Gasteiger partial charge >= 0.3 is 0 Å². The van der Waals surface area contributed by atoms with Crippen molar-refractivity contribution >= 4 is 27.4 Å². The number of hydrogen-bond acceptors (Lipinski definition) is 4. The molecule has 3 aromatic rings. The van der Waals surface area contributed by atoms with Crippen LogP contribution in [0.3, 0.4) is 0 Å². The molecule has 0 radical (unpaired) electrons. The number of nitrogens with zero attached hydrogens (tertiary/aromatic N) is 2. The van der Waals surface area contributed by atoms with Crippen molar-refractivity contribution in [3.8, 4) is 0 Å². The van der Waals surface area contributed by atoms with Crippen molar-refractivity contribution in [1.29, 1.82) is 0 Å². The van der Waals surface area contributed by atoms with Gasteiger partial charge in [0.05, 0.1) is 11.2 Å². The van der Waals surface area contributed by atoms with E-state index in [4.69, 9.17) is 5.73 Å². The summed E-state index contributed by atoms with van der Waals surface area (Å²) < 4.78 is 0. The van der Waals surface area contributed by atoms with Gasteiger partial charge in [0.2, 0.25) is 0 Å². The molecule has 3 nitrogen and oxygen atoms in total. The number of anilines is 1. The first-order chi connectivity index (χ1) is 8.72. The third-order valence-corrected chi connectivity index (χ3v) is 3.93. The molecule has 0 bridgehead atoms. The lowest BCUT2D eigenvalue weighted by Gasteiger charge is -2.02. The number of thiazole rings is 1. The van der Waals surface area contributed by atoms with Gasteiger partial charge in [0.25, 0.3) is 0 Å². The van der Waals surface area contributed by atoms with Gasteiger partial charge in [0, 0.05) is 22.9 Å². The topological polar surface area (TPSA) is 51.8 Å². The molecule has 0 aliphatic rings. The third-order valence-electron chi connectivity index (χ3n) is 2.94. The summed E-state index contributed by atoms with van der Waals surface area (Å²) in [6.45, 7) is 2.00. The Bertz CT molecular complexity index is 703. The highest BCUT2D eigenvalue weighted by atomic mass is 32.1. The third kappa shape index (κ3) is 2.07. The monoisotopic (exact) mass is 255 g/mol. The summed E-state index contributed by atoms with van der Waals surface area (Å²) in [4.78, 5) is 9.81. The van der Waals surface area contributed by atoms with E-state index in [1.165, 1.54) is 15.8 Å².